The number of hydrogen-bond acceptors (Lipinski definition) is 2. The molecule has 0 aliphatic heterocycles. The lowest BCUT2D eigenvalue weighted by Gasteiger charge is -2.32. The number of nitrogens with one attached hydrogen (secondary N) is 1. The minimum absolute atomic E-state index is 0.0339. The minimum atomic E-state index is -0.223. The van der Waals surface area contributed by atoms with Crippen molar-refractivity contribution in [2.24, 2.45) is 0 Å². The Balaban J connectivity index is 2.04. The van der Waals surface area contributed by atoms with Crippen LogP contribution >= 0.6 is 0 Å². The fraction of sp³-hybridized carbons (Fsp3) is 0.200. The van der Waals surface area contributed by atoms with Gasteiger partial charge in [-0.25, -0.2) is 4.98 Å². The van der Waals surface area contributed by atoms with Crippen molar-refractivity contribution < 1.29 is 0 Å². The topological polar surface area (TPSA) is 45.8 Å². The number of nitrogens with zero attached hydrogens (tertiary/aromatic N) is 1. The fourth-order valence-corrected chi connectivity index (χ4v) is 3.50. The number of benzene rings is 2. The number of hydrogen-bond donors (Lipinski definition) is 1. The smallest absolute Gasteiger partial charge is 0.255 e. The predicted molar refractivity (Wildman–Crippen MR) is 92.5 cm³/mol. The van der Waals surface area contributed by atoms with Crippen molar-refractivity contribution in [3.8, 4) is 22.6 Å². The highest BCUT2D eigenvalue weighted by Gasteiger charge is 2.34. The van der Waals surface area contributed by atoms with Crippen molar-refractivity contribution in [3.63, 3.8) is 0 Å². The van der Waals surface area contributed by atoms with Crippen LogP contribution in [0, 0.1) is 0 Å². The largest absolute Gasteiger partial charge is 0.306 e. The molecule has 0 fully saturated rings. The van der Waals surface area contributed by atoms with Crippen LogP contribution in [0.5, 0.6) is 0 Å². The molecule has 4 rings (SSSR count). The zero-order valence-electron chi connectivity index (χ0n) is 13.3. The van der Waals surface area contributed by atoms with Gasteiger partial charge in [0.15, 0.2) is 0 Å². The lowest BCUT2D eigenvalue weighted by Crippen LogP contribution is -2.34. The van der Waals surface area contributed by atoms with Crippen LogP contribution in [0.2, 0.25) is 0 Å². The maximum absolute atomic E-state index is 12.8. The van der Waals surface area contributed by atoms with Crippen molar-refractivity contribution in [1.82, 2.24) is 9.97 Å². The maximum atomic E-state index is 12.8. The molecule has 0 amide bonds. The number of aromatic amines is 1. The predicted octanol–water partition coefficient (Wildman–Crippen LogP) is 3.94. The third kappa shape index (κ3) is 2.20. The summed E-state index contributed by atoms with van der Waals surface area (Å²) in [6.45, 7) is 4.22. The summed E-state index contributed by atoms with van der Waals surface area (Å²) in [5.41, 5.74) is 4.60. The average Bonchev–Trinajstić information content (AvgIpc) is 2.54. The highest BCUT2D eigenvalue weighted by Crippen LogP contribution is 2.40. The summed E-state index contributed by atoms with van der Waals surface area (Å²) in [5.74, 6) is 0.627. The molecule has 3 heteroatoms. The Kier molecular flexibility index (Phi) is 2.98. The summed E-state index contributed by atoms with van der Waals surface area (Å²) < 4.78 is 0. The van der Waals surface area contributed by atoms with Crippen molar-refractivity contribution in [2.75, 3.05) is 0 Å². The fourth-order valence-electron chi connectivity index (χ4n) is 3.50. The molecule has 0 unspecified atom stereocenters. The Morgan fingerprint density at radius 1 is 1.00 bits per heavy atom. The summed E-state index contributed by atoms with van der Waals surface area (Å²) in [7, 11) is 0. The summed E-state index contributed by atoms with van der Waals surface area (Å²) in [4.78, 5) is 20.6. The molecule has 3 aromatic rings. The van der Waals surface area contributed by atoms with Gasteiger partial charge in [-0.2, -0.15) is 0 Å². The van der Waals surface area contributed by atoms with Gasteiger partial charge in [-0.05, 0) is 12.0 Å². The Morgan fingerprint density at radius 3 is 2.48 bits per heavy atom. The Hall–Kier alpha value is -2.68. The standard InChI is InChI=1S/C20H18N2O/c1-20(2)12-14-10-6-7-11-15(14)17-16(20)19(23)22-18(21-17)13-8-4-3-5-9-13/h3-11H,12H2,1-2H3,(H,21,22,23). The Bertz CT molecular complexity index is 939. The number of rotatable bonds is 1. The Labute approximate surface area is 135 Å². The van der Waals surface area contributed by atoms with Crippen LogP contribution in [0.15, 0.2) is 59.4 Å². The van der Waals surface area contributed by atoms with Gasteiger partial charge in [0, 0.05) is 22.1 Å². The van der Waals surface area contributed by atoms with Crippen molar-refractivity contribution >= 4 is 0 Å². The summed E-state index contributed by atoms with van der Waals surface area (Å²) in [6, 6.07) is 18.0. The quantitative estimate of drug-likeness (QED) is 0.740. The summed E-state index contributed by atoms with van der Waals surface area (Å²) >= 11 is 0. The molecule has 23 heavy (non-hydrogen) atoms. The molecular formula is C20H18N2O. The van der Waals surface area contributed by atoms with E-state index in [1.165, 1.54) is 5.56 Å². The first-order valence-corrected chi connectivity index (χ1v) is 7.85. The van der Waals surface area contributed by atoms with E-state index in [1.54, 1.807) is 0 Å². The van der Waals surface area contributed by atoms with E-state index in [9.17, 15) is 4.79 Å². The van der Waals surface area contributed by atoms with Crippen LogP contribution in [0.3, 0.4) is 0 Å². The van der Waals surface area contributed by atoms with Crippen LogP contribution in [-0.2, 0) is 11.8 Å². The summed E-state index contributed by atoms with van der Waals surface area (Å²) in [6.07, 6.45) is 0.853. The highest BCUT2D eigenvalue weighted by molar-refractivity contribution is 5.73. The van der Waals surface area contributed by atoms with Gasteiger partial charge in [0.05, 0.1) is 5.69 Å². The minimum Gasteiger partial charge on any atom is -0.306 e. The van der Waals surface area contributed by atoms with Crippen LogP contribution in [0.25, 0.3) is 22.6 Å². The molecule has 3 nitrogen and oxygen atoms in total. The van der Waals surface area contributed by atoms with Crippen molar-refractivity contribution in [1.29, 1.82) is 0 Å². The molecule has 0 atom stereocenters. The first-order chi connectivity index (χ1) is 11.1. The highest BCUT2D eigenvalue weighted by atomic mass is 16.1. The molecule has 0 radical (unpaired) electrons. The van der Waals surface area contributed by atoms with Crippen molar-refractivity contribution in [2.45, 2.75) is 25.7 Å². The molecule has 1 aromatic heterocycles. The van der Waals surface area contributed by atoms with Gasteiger partial charge in [-0.1, -0.05) is 68.4 Å². The average molecular weight is 302 g/mol. The molecule has 1 heterocycles. The maximum Gasteiger partial charge on any atom is 0.255 e. The van der Waals surface area contributed by atoms with E-state index in [-0.39, 0.29) is 11.0 Å². The molecule has 1 aliphatic carbocycles. The molecule has 0 saturated heterocycles. The zero-order valence-corrected chi connectivity index (χ0v) is 13.3. The van der Waals surface area contributed by atoms with E-state index in [0.717, 1.165) is 28.8 Å². The van der Waals surface area contributed by atoms with Gasteiger partial charge < -0.3 is 4.98 Å². The van der Waals surface area contributed by atoms with Crippen LogP contribution < -0.4 is 5.56 Å². The zero-order chi connectivity index (χ0) is 16.0. The molecule has 114 valence electrons. The van der Waals surface area contributed by atoms with Gasteiger partial charge >= 0.3 is 0 Å². The van der Waals surface area contributed by atoms with Gasteiger partial charge in [-0.15, -0.1) is 0 Å². The van der Waals surface area contributed by atoms with Crippen LogP contribution in [0.1, 0.15) is 25.0 Å². The monoisotopic (exact) mass is 302 g/mol. The SMILES string of the molecule is CC1(C)Cc2ccccc2-c2nc(-c3ccccc3)[nH]c(=O)c21. The molecule has 0 saturated carbocycles. The molecule has 1 aliphatic rings. The van der Waals surface area contributed by atoms with Crippen LogP contribution in [-0.4, -0.2) is 9.97 Å². The number of fused-ring (bicyclic) bond motifs is 3. The number of H-pyrrole nitrogens is 1. The second-order valence-electron chi connectivity index (χ2n) is 6.72. The Morgan fingerprint density at radius 2 is 1.70 bits per heavy atom. The molecule has 0 spiro atoms. The molecule has 2 aromatic carbocycles. The van der Waals surface area contributed by atoms with E-state index in [1.807, 2.05) is 42.5 Å². The first-order valence-electron chi connectivity index (χ1n) is 7.85. The molecular weight excluding hydrogens is 284 g/mol. The van der Waals surface area contributed by atoms with Gasteiger partial charge in [0.25, 0.3) is 5.56 Å². The van der Waals surface area contributed by atoms with E-state index in [2.05, 4.69) is 31.0 Å². The molecule has 0 bridgehead atoms. The van der Waals surface area contributed by atoms with E-state index >= 15 is 0 Å². The van der Waals surface area contributed by atoms with E-state index in [4.69, 9.17) is 4.98 Å². The normalized spacial score (nSPS) is 14.9. The van der Waals surface area contributed by atoms with Crippen molar-refractivity contribution in [3.05, 3.63) is 76.1 Å². The van der Waals surface area contributed by atoms with Gasteiger partial charge in [0.2, 0.25) is 0 Å². The molecule has 1 N–H and O–H groups in total. The van der Waals surface area contributed by atoms with E-state index in [0.29, 0.717) is 5.82 Å². The summed E-state index contributed by atoms with van der Waals surface area (Å²) in [5, 5.41) is 0. The third-order valence-electron chi connectivity index (χ3n) is 4.55. The van der Waals surface area contributed by atoms with Crippen LogP contribution in [0.4, 0.5) is 0 Å². The number of aromatic nitrogens is 2. The lowest BCUT2D eigenvalue weighted by molar-refractivity contribution is 0.508. The lowest BCUT2D eigenvalue weighted by atomic mass is 9.72. The van der Waals surface area contributed by atoms with E-state index < -0.39 is 0 Å². The second kappa shape index (κ2) is 4.92. The second-order valence-corrected chi connectivity index (χ2v) is 6.72. The first kappa shape index (κ1) is 13.9. The van der Waals surface area contributed by atoms with Gasteiger partial charge in [0.1, 0.15) is 5.82 Å². The van der Waals surface area contributed by atoms with Gasteiger partial charge in [-0.3, -0.25) is 4.79 Å². The third-order valence-corrected chi connectivity index (χ3v) is 4.55.